The van der Waals surface area contributed by atoms with Crippen LogP contribution in [0.3, 0.4) is 0 Å². The summed E-state index contributed by atoms with van der Waals surface area (Å²) in [4.78, 5) is 0. The zero-order valence-electron chi connectivity index (χ0n) is 6.11. The minimum atomic E-state index is 0. The van der Waals surface area contributed by atoms with Crippen molar-refractivity contribution in [3.63, 3.8) is 0 Å². The summed E-state index contributed by atoms with van der Waals surface area (Å²) in [5.41, 5.74) is 0.866. The minimum Gasteiger partial charge on any atom is -1.00 e. The Hall–Kier alpha value is -1.45. The number of oxime groups is 1. The summed E-state index contributed by atoms with van der Waals surface area (Å²) < 4.78 is 1.86. The summed E-state index contributed by atoms with van der Waals surface area (Å²) in [6.07, 6.45) is 3.27. The maximum absolute atomic E-state index is 8.20. The van der Waals surface area contributed by atoms with E-state index in [1.165, 1.54) is 6.21 Å². The Labute approximate surface area is 64.0 Å². The lowest BCUT2D eigenvalue weighted by molar-refractivity contribution is -0.672. The van der Waals surface area contributed by atoms with Crippen LogP contribution in [-0.4, -0.2) is 11.4 Å². The van der Waals surface area contributed by atoms with Crippen molar-refractivity contribution >= 4 is 6.21 Å². The molecule has 0 atom stereocenters. The molecule has 3 nitrogen and oxygen atoms in total. The van der Waals surface area contributed by atoms with E-state index in [1.54, 1.807) is 0 Å². The molecule has 0 fully saturated rings. The van der Waals surface area contributed by atoms with Gasteiger partial charge in [0.25, 0.3) is 0 Å². The lowest BCUT2D eigenvalue weighted by Crippen LogP contribution is -3.00. The molecule has 4 heteroatoms. The topological polar surface area (TPSA) is 36.5 Å². The minimum absolute atomic E-state index is 0. The van der Waals surface area contributed by atoms with Crippen molar-refractivity contribution in [2.45, 2.75) is 0 Å². The van der Waals surface area contributed by atoms with E-state index >= 15 is 0 Å². The van der Waals surface area contributed by atoms with Crippen LogP contribution in [0.4, 0.5) is 0 Å². The molecule has 60 valence electrons. The summed E-state index contributed by atoms with van der Waals surface area (Å²) in [5, 5.41) is 11.1. The molecule has 1 N–H and O–H groups in total. The van der Waals surface area contributed by atoms with E-state index in [0.717, 1.165) is 5.69 Å². The Kier molecular flexibility index (Phi) is 3.80. The normalized spacial score (nSPS) is 9.55. The Morgan fingerprint density at radius 2 is 2.27 bits per heavy atom. The first-order valence-electron chi connectivity index (χ1n) is 2.96. The lowest BCUT2D eigenvalue weighted by atomic mass is 10.4. The molecule has 1 aromatic heterocycles. The van der Waals surface area contributed by atoms with Gasteiger partial charge in [-0.25, -0.2) is 4.57 Å². The van der Waals surface area contributed by atoms with Gasteiger partial charge in [0.2, 0.25) is 5.69 Å². The molecular weight excluding hydrogens is 147 g/mol. The molecule has 0 aliphatic heterocycles. The second kappa shape index (κ2) is 4.38. The van der Waals surface area contributed by atoms with Crippen molar-refractivity contribution in [3.05, 3.63) is 30.1 Å². The van der Waals surface area contributed by atoms with Gasteiger partial charge in [0.15, 0.2) is 6.20 Å². The predicted molar refractivity (Wildman–Crippen MR) is 37.0 cm³/mol. The first kappa shape index (κ1) is 9.55. The van der Waals surface area contributed by atoms with Crippen LogP contribution in [0.2, 0.25) is 0 Å². The molecular formula is C7H9FN2O. The Morgan fingerprint density at radius 3 is 2.82 bits per heavy atom. The van der Waals surface area contributed by atoms with E-state index in [4.69, 9.17) is 5.21 Å². The fourth-order valence-electron chi connectivity index (χ4n) is 0.730. The summed E-state index contributed by atoms with van der Waals surface area (Å²) in [5.74, 6) is 0. The molecule has 0 aromatic carbocycles. The molecule has 1 rings (SSSR count). The highest BCUT2D eigenvalue weighted by Gasteiger charge is 1.98. The highest BCUT2D eigenvalue weighted by molar-refractivity contribution is 5.74. The average Bonchev–Trinajstić information content (AvgIpc) is 1.94. The first-order valence-corrected chi connectivity index (χ1v) is 2.96. The van der Waals surface area contributed by atoms with Crippen LogP contribution in [0.5, 0.6) is 0 Å². The molecule has 0 amide bonds. The zero-order valence-corrected chi connectivity index (χ0v) is 6.11. The van der Waals surface area contributed by atoms with Crippen molar-refractivity contribution in [1.82, 2.24) is 0 Å². The highest BCUT2D eigenvalue weighted by atomic mass is 19.0. The van der Waals surface area contributed by atoms with Crippen LogP contribution in [0.1, 0.15) is 5.69 Å². The summed E-state index contributed by atoms with van der Waals surface area (Å²) in [6, 6.07) is 5.66. The van der Waals surface area contributed by atoms with E-state index in [9.17, 15) is 0 Å². The Morgan fingerprint density at radius 1 is 1.55 bits per heavy atom. The third kappa shape index (κ3) is 2.33. The summed E-state index contributed by atoms with van der Waals surface area (Å²) in [6.45, 7) is 0. The molecule has 0 aliphatic carbocycles. The molecule has 0 spiro atoms. The highest BCUT2D eigenvalue weighted by Crippen LogP contribution is 1.84. The van der Waals surface area contributed by atoms with Crippen molar-refractivity contribution in [2.75, 3.05) is 0 Å². The fraction of sp³-hybridized carbons (Fsp3) is 0.143. The number of hydrogen-bond donors (Lipinski definition) is 1. The van der Waals surface area contributed by atoms with Gasteiger partial charge in [0.05, 0.1) is 0 Å². The van der Waals surface area contributed by atoms with Crippen molar-refractivity contribution in [1.29, 1.82) is 0 Å². The molecule has 11 heavy (non-hydrogen) atoms. The van der Waals surface area contributed by atoms with Crippen LogP contribution < -0.4 is 9.27 Å². The summed E-state index contributed by atoms with van der Waals surface area (Å²) in [7, 11) is 1.89. The van der Waals surface area contributed by atoms with E-state index in [-0.39, 0.29) is 4.70 Å². The number of aromatic nitrogens is 1. The van der Waals surface area contributed by atoms with E-state index < -0.39 is 0 Å². The van der Waals surface area contributed by atoms with Gasteiger partial charge in [0, 0.05) is 12.1 Å². The van der Waals surface area contributed by atoms with Gasteiger partial charge in [-0.15, -0.1) is 0 Å². The van der Waals surface area contributed by atoms with Gasteiger partial charge in [-0.1, -0.05) is 5.16 Å². The Balaban J connectivity index is 0.000001000. The lowest BCUT2D eigenvalue weighted by Gasteiger charge is -1.88. The molecule has 0 saturated carbocycles. The van der Waals surface area contributed by atoms with Crippen molar-refractivity contribution < 1.29 is 14.5 Å². The average molecular weight is 156 g/mol. The second-order valence-electron chi connectivity index (χ2n) is 1.98. The fourth-order valence-corrected chi connectivity index (χ4v) is 0.730. The largest absolute Gasteiger partial charge is 1.00 e. The molecule has 1 aromatic rings. The molecule has 0 radical (unpaired) electrons. The van der Waals surface area contributed by atoms with E-state index in [0.29, 0.717) is 0 Å². The van der Waals surface area contributed by atoms with Gasteiger partial charge < -0.3 is 9.91 Å². The quantitative estimate of drug-likeness (QED) is 0.205. The third-order valence-corrected chi connectivity index (χ3v) is 1.29. The van der Waals surface area contributed by atoms with Crippen molar-refractivity contribution in [2.24, 2.45) is 12.2 Å². The van der Waals surface area contributed by atoms with Crippen LogP contribution in [0.15, 0.2) is 29.6 Å². The van der Waals surface area contributed by atoms with Crippen LogP contribution in [0, 0.1) is 0 Å². The van der Waals surface area contributed by atoms with E-state index in [2.05, 4.69) is 5.16 Å². The number of hydrogen-bond acceptors (Lipinski definition) is 2. The SMILES string of the molecule is C[n+]1ccccc1C=NO.[F-]. The molecule has 0 bridgehead atoms. The van der Waals surface area contributed by atoms with Crippen LogP contribution in [0.25, 0.3) is 0 Å². The number of halogens is 1. The standard InChI is InChI=1S/C7H8N2O.FH/c1-9-5-3-2-4-7(9)6-8-10;/h2-6H,1H3;1H. The Bertz CT molecular complexity index is 250. The number of nitrogens with zero attached hydrogens (tertiary/aromatic N) is 2. The molecule has 0 saturated heterocycles. The zero-order chi connectivity index (χ0) is 7.40. The van der Waals surface area contributed by atoms with Gasteiger partial charge in [0.1, 0.15) is 13.3 Å². The molecule has 0 unspecified atom stereocenters. The van der Waals surface area contributed by atoms with Crippen LogP contribution in [-0.2, 0) is 7.05 Å². The van der Waals surface area contributed by atoms with Gasteiger partial charge >= 0.3 is 0 Å². The first-order chi connectivity index (χ1) is 4.84. The maximum atomic E-state index is 8.20. The molecule has 0 aliphatic rings. The van der Waals surface area contributed by atoms with Crippen molar-refractivity contribution in [3.8, 4) is 0 Å². The van der Waals surface area contributed by atoms with E-state index in [1.807, 2.05) is 36.0 Å². The number of aryl methyl sites for hydroxylation is 1. The van der Waals surface area contributed by atoms with Gasteiger partial charge in [-0.2, -0.15) is 0 Å². The maximum Gasteiger partial charge on any atom is 0.226 e. The third-order valence-electron chi connectivity index (χ3n) is 1.29. The number of rotatable bonds is 1. The van der Waals surface area contributed by atoms with Gasteiger partial charge in [-0.3, -0.25) is 0 Å². The predicted octanol–water partition coefficient (Wildman–Crippen LogP) is -2.68. The monoisotopic (exact) mass is 156 g/mol. The van der Waals surface area contributed by atoms with Crippen LogP contribution >= 0.6 is 0 Å². The summed E-state index contributed by atoms with van der Waals surface area (Å²) >= 11 is 0. The second-order valence-corrected chi connectivity index (χ2v) is 1.98. The smallest absolute Gasteiger partial charge is 0.226 e. The van der Waals surface area contributed by atoms with Gasteiger partial charge in [-0.05, 0) is 6.07 Å². The number of pyridine rings is 1. The molecule has 1 heterocycles.